The highest BCUT2D eigenvalue weighted by Crippen LogP contribution is 2.39. The lowest BCUT2D eigenvalue weighted by molar-refractivity contribution is -0.119. The van der Waals surface area contributed by atoms with Crippen LogP contribution in [0.15, 0.2) is 0 Å². The van der Waals surface area contributed by atoms with Gasteiger partial charge in [0.2, 0.25) is 0 Å². The minimum absolute atomic E-state index is 0.508. The summed E-state index contributed by atoms with van der Waals surface area (Å²) < 4.78 is 0. The Morgan fingerprint density at radius 2 is 1.80 bits per heavy atom. The molecule has 0 radical (unpaired) electrons. The number of hydrogen-bond donors (Lipinski definition) is 0. The zero-order chi connectivity index (χ0) is 6.97. The van der Waals surface area contributed by atoms with Gasteiger partial charge in [0.1, 0.15) is 5.78 Å². The molecule has 0 amide bonds. The Balaban J connectivity index is 2.05. The van der Waals surface area contributed by atoms with Gasteiger partial charge in [-0.15, -0.1) is 0 Å². The van der Waals surface area contributed by atoms with E-state index in [4.69, 9.17) is 0 Å². The highest BCUT2D eigenvalue weighted by atomic mass is 32.2. The van der Waals surface area contributed by atoms with Gasteiger partial charge in [-0.2, -0.15) is 11.8 Å². The monoisotopic (exact) mass is 156 g/mol. The van der Waals surface area contributed by atoms with Gasteiger partial charge in [0.25, 0.3) is 0 Å². The molecule has 2 heterocycles. The van der Waals surface area contributed by atoms with E-state index < -0.39 is 0 Å². The van der Waals surface area contributed by atoms with Crippen molar-refractivity contribution in [3.8, 4) is 0 Å². The van der Waals surface area contributed by atoms with Gasteiger partial charge in [-0.1, -0.05) is 6.42 Å². The first-order chi connectivity index (χ1) is 4.84. The summed E-state index contributed by atoms with van der Waals surface area (Å²) in [5, 5.41) is 1.39. The molecule has 0 aromatic carbocycles. The zero-order valence-electron chi connectivity index (χ0n) is 6.01. The van der Waals surface area contributed by atoms with Crippen molar-refractivity contribution in [2.24, 2.45) is 0 Å². The molecule has 0 unspecified atom stereocenters. The molecule has 2 aliphatic heterocycles. The maximum Gasteiger partial charge on any atom is 0.135 e. The summed E-state index contributed by atoms with van der Waals surface area (Å²) >= 11 is 2.06. The van der Waals surface area contributed by atoms with Crippen molar-refractivity contribution >= 4 is 17.5 Å². The number of carbonyl (C=O) groups excluding carboxylic acids is 1. The van der Waals surface area contributed by atoms with Crippen molar-refractivity contribution in [3.05, 3.63) is 0 Å². The highest BCUT2D eigenvalue weighted by Gasteiger charge is 2.30. The molecule has 0 saturated carbocycles. The number of fused-ring (bicyclic) bond motifs is 2. The molecule has 1 nitrogen and oxygen atoms in total. The van der Waals surface area contributed by atoms with E-state index in [-0.39, 0.29) is 0 Å². The first-order valence-corrected chi connectivity index (χ1v) is 4.96. The molecule has 0 spiro atoms. The standard InChI is InChI=1S/C8H12OS/c9-6-4-7-2-1-3-8(5-6)10-7/h7-8H,1-5H2/t7-,8-/m0/s1. The second-order valence-corrected chi connectivity index (χ2v) is 4.86. The first-order valence-electron chi connectivity index (χ1n) is 4.02. The van der Waals surface area contributed by atoms with E-state index in [1.54, 1.807) is 0 Å². The van der Waals surface area contributed by atoms with Gasteiger partial charge in [0.05, 0.1) is 0 Å². The number of ketones is 1. The van der Waals surface area contributed by atoms with Crippen LogP contribution < -0.4 is 0 Å². The molecule has 0 aromatic heterocycles. The zero-order valence-corrected chi connectivity index (χ0v) is 6.82. The van der Waals surface area contributed by atoms with Crippen LogP contribution in [0.25, 0.3) is 0 Å². The predicted octanol–water partition coefficient (Wildman–Crippen LogP) is 2.00. The van der Waals surface area contributed by atoms with Crippen LogP contribution in [-0.4, -0.2) is 16.3 Å². The average molecular weight is 156 g/mol. The van der Waals surface area contributed by atoms with Gasteiger partial charge in [0.15, 0.2) is 0 Å². The Hall–Kier alpha value is 0.0200. The summed E-state index contributed by atoms with van der Waals surface area (Å²) in [6, 6.07) is 0. The molecular formula is C8H12OS. The van der Waals surface area contributed by atoms with Crippen LogP contribution in [-0.2, 0) is 4.79 Å². The van der Waals surface area contributed by atoms with E-state index in [1.807, 2.05) is 0 Å². The van der Waals surface area contributed by atoms with Crippen LogP contribution in [0.3, 0.4) is 0 Å². The van der Waals surface area contributed by atoms with E-state index >= 15 is 0 Å². The van der Waals surface area contributed by atoms with Gasteiger partial charge in [-0.25, -0.2) is 0 Å². The van der Waals surface area contributed by atoms with Crippen molar-refractivity contribution in [3.63, 3.8) is 0 Å². The summed E-state index contributed by atoms with van der Waals surface area (Å²) in [6.45, 7) is 0. The molecule has 0 N–H and O–H groups in total. The SMILES string of the molecule is O=C1C[C@@H]2CCC[C@@H](C1)S2. The number of hydrogen-bond acceptors (Lipinski definition) is 2. The average Bonchev–Trinajstić information content (AvgIpc) is 1.85. The summed E-state index contributed by atoms with van der Waals surface area (Å²) in [6.07, 6.45) is 5.65. The topological polar surface area (TPSA) is 17.1 Å². The third-order valence-corrected chi connectivity index (χ3v) is 3.92. The molecule has 0 aliphatic carbocycles. The third kappa shape index (κ3) is 1.22. The molecule has 0 aromatic rings. The smallest absolute Gasteiger partial charge is 0.135 e. The molecule has 2 rings (SSSR count). The van der Waals surface area contributed by atoms with E-state index in [9.17, 15) is 4.79 Å². The largest absolute Gasteiger partial charge is 0.300 e. The van der Waals surface area contributed by atoms with Gasteiger partial charge in [-0.05, 0) is 12.8 Å². The van der Waals surface area contributed by atoms with Crippen LogP contribution in [0.4, 0.5) is 0 Å². The van der Waals surface area contributed by atoms with Crippen LogP contribution in [0.1, 0.15) is 32.1 Å². The fourth-order valence-electron chi connectivity index (χ4n) is 1.87. The predicted molar refractivity (Wildman–Crippen MR) is 43.3 cm³/mol. The van der Waals surface area contributed by atoms with Gasteiger partial charge in [-0.3, -0.25) is 4.79 Å². The number of thioether (sulfide) groups is 1. The van der Waals surface area contributed by atoms with Gasteiger partial charge < -0.3 is 0 Å². The number of Topliss-reactive ketones (excluding diaryl/α,β-unsaturated/α-hetero) is 1. The van der Waals surface area contributed by atoms with Crippen molar-refractivity contribution in [2.75, 3.05) is 0 Å². The molecule has 2 saturated heterocycles. The Kier molecular flexibility index (Phi) is 1.73. The normalized spacial score (nSPS) is 39.8. The molecule has 56 valence electrons. The maximum atomic E-state index is 11.1. The molecular weight excluding hydrogens is 144 g/mol. The Morgan fingerprint density at radius 3 is 2.40 bits per heavy atom. The van der Waals surface area contributed by atoms with E-state index in [0.717, 1.165) is 12.8 Å². The quantitative estimate of drug-likeness (QED) is 0.533. The summed E-state index contributed by atoms with van der Waals surface area (Å²) in [7, 11) is 0. The summed E-state index contributed by atoms with van der Waals surface area (Å²) in [5.41, 5.74) is 0. The second-order valence-electron chi connectivity index (χ2n) is 3.26. The summed E-state index contributed by atoms with van der Waals surface area (Å²) in [4.78, 5) is 11.1. The van der Waals surface area contributed by atoms with Crippen LogP contribution in [0.5, 0.6) is 0 Å². The minimum atomic E-state index is 0.508. The lowest BCUT2D eigenvalue weighted by Gasteiger charge is -2.32. The van der Waals surface area contributed by atoms with Crippen LogP contribution >= 0.6 is 11.8 Å². The Morgan fingerprint density at radius 1 is 1.20 bits per heavy atom. The van der Waals surface area contributed by atoms with E-state index in [2.05, 4.69) is 11.8 Å². The Labute approximate surface area is 65.6 Å². The fourth-order valence-corrected chi connectivity index (χ4v) is 3.59. The first kappa shape index (κ1) is 6.71. The van der Waals surface area contributed by atoms with Crippen molar-refractivity contribution < 1.29 is 4.79 Å². The molecule has 10 heavy (non-hydrogen) atoms. The lowest BCUT2D eigenvalue weighted by atomic mass is 9.98. The molecule has 2 bridgehead atoms. The maximum absolute atomic E-state index is 11.1. The number of carbonyl (C=O) groups is 1. The molecule has 2 fully saturated rings. The molecule has 2 aliphatic rings. The second kappa shape index (κ2) is 2.57. The van der Waals surface area contributed by atoms with E-state index in [1.165, 1.54) is 19.3 Å². The van der Waals surface area contributed by atoms with Crippen LogP contribution in [0.2, 0.25) is 0 Å². The van der Waals surface area contributed by atoms with Crippen LogP contribution in [0, 0.1) is 0 Å². The van der Waals surface area contributed by atoms with Crippen molar-refractivity contribution in [1.29, 1.82) is 0 Å². The highest BCUT2D eigenvalue weighted by molar-refractivity contribution is 8.00. The molecule has 2 heteroatoms. The third-order valence-electron chi connectivity index (χ3n) is 2.35. The lowest BCUT2D eigenvalue weighted by Crippen LogP contribution is -2.28. The number of rotatable bonds is 0. The molecule has 2 atom stereocenters. The van der Waals surface area contributed by atoms with Crippen molar-refractivity contribution in [2.45, 2.75) is 42.6 Å². The summed E-state index contributed by atoms with van der Waals surface area (Å²) in [5.74, 6) is 0.508. The van der Waals surface area contributed by atoms with Gasteiger partial charge in [0, 0.05) is 23.3 Å². The minimum Gasteiger partial charge on any atom is -0.300 e. The van der Waals surface area contributed by atoms with Gasteiger partial charge >= 0.3 is 0 Å². The van der Waals surface area contributed by atoms with Crippen molar-refractivity contribution in [1.82, 2.24) is 0 Å². The fraction of sp³-hybridized carbons (Fsp3) is 0.875. The Bertz CT molecular complexity index is 141. The van der Waals surface area contributed by atoms with E-state index in [0.29, 0.717) is 16.3 Å².